The van der Waals surface area contributed by atoms with Crippen molar-refractivity contribution in [2.24, 2.45) is 11.8 Å². The van der Waals surface area contributed by atoms with Crippen LogP contribution < -0.4 is 16.0 Å². The second-order valence-corrected chi connectivity index (χ2v) is 22.7. The van der Waals surface area contributed by atoms with E-state index in [9.17, 15) is 22.8 Å². The van der Waals surface area contributed by atoms with Crippen molar-refractivity contribution in [3.05, 3.63) is 107 Å². The van der Waals surface area contributed by atoms with E-state index in [1.807, 2.05) is 87.5 Å². The molecule has 2 saturated heterocycles. The van der Waals surface area contributed by atoms with Crippen LogP contribution in [0.4, 0.5) is 0 Å². The number of morpholine rings is 1. The lowest BCUT2D eigenvalue weighted by atomic mass is 9.72. The summed E-state index contributed by atoms with van der Waals surface area (Å²) in [5.41, 5.74) is 2.56. The molecule has 1 aliphatic carbocycles. The van der Waals surface area contributed by atoms with Gasteiger partial charge < -0.3 is 30.4 Å². The maximum Gasteiger partial charge on any atom is 0.338 e. The van der Waals surface area contributed by atoms with Gasteiger partial charge in [0.15, 0.2) is 9.84 Å². The Hall–Kier alpha value is -5.09. The molecule has 4 aromatic rings. The number of nitrogens with zero attached hydrogens (tertiary/aromatic N) is 2. The Labute approximate surface area is 389 Å². The number of piperidine rings is 1. The minimum Gasteiger partial charge on any atom is -0.455 e. The number of hydrogen-bond donors (Lipinski definition) is 4. The number of likely N-dealkylation sites (tertiary alicyclic amines) is 1. The second kappa shape index (κ2) is 20.8. The van der Waals surface area contributed by atoms with Crippen molar-refractivity contribution in [1.29, 1.82) is 0 Å². The third kappa shape index (κ3) is 12.3. The molecular weight excluding hydrogens is 857 g/mol. The number of benzene rings is 3. The number of ether oxygens (including phenoxy) is 2. The van der Waals surface area contributed by atoms with Gasteiger partial charge in [-0.15, -0.1) is 0 Å². The zero-order valence-corrected chi connectivity index (χ0v) is 40.1. The topological polar surface area (TPSA) is 179 Å². The van der Waals surface area contributed by atoms with Crippen molar-refractivity contribution < 1.29 is 37.1 Å². The van der Waals surface area contributed by atoms with Gasteiger partial charge >= 0.3 is 5.97 Å². The molecule has 14 nitrogen and oxygen atoms in total. The van der Waals surface area contributed by atoms with E-state index in [-0.39, 0.29) is 24.6 Å². The summed E-state index contributed by atoms with van der Waals surface area (Å²) in [4.78, 5) is 65.2. The van der Waals surface area contributed by atoms with E-state index in [4.69, 9.17) is 9.47 Å². The molecule has 3 unspecified atom stereocenters. The van der Waals surface area contributed by atoms with Gasteiger partial charge in [-0.25, -0.2) is 13.2 Å². The molecule has 0 radical (unpaired) electrons. The maximum absolute atomic E-state index is 15.0. The number of nitrogens with one attached hydrogen (secondary N) is 4. The summed E-state index contributed by atoms with van der Waals surface area (Å²) >= 11 is 0. The lowest BCUT2D eigenvalue weighted by Crippen LogP contribution is -2.64. The van der Waals surface area contributed by atoms with Gasteiger partial charge in [0.1, 0.15) is 17.8 Å². The fraction of sp³-hybridized carbons (Fsp3) is 0.529. The van der Waals surface area contributed by atoms with Gasteiger partial charge in [-0.05, 0) is 101 Å². The molecule has 3 amide bonds. The third-order valence-corrected chi connectivity index (χ3v) is 15.9. The fourth-order valence-electron chi connectivity index (χ4n) is 9.66. The molecule has 3 fully saturated rings. The number of carbonyl (C=O) groups is 4. The van der Waals surface area contributed by atoms with Crippen molar-refractivity contribution in [3.8, 4) is 0 Å². The fourth-order valence-corrected chi connectivity index (χ4v) is 10.3. The average molecular weight is 925 g/mol. The zero-order chi connectivity index (χ0) is 47.2. The predicted molar refractivity (Wildman–Crippen MR) is 256 cm³/mol. The van der Waals surface area contributed by atoms with E-state index in [2.05, 4.69) is 30.7 Å². The molecular formula is C51H68N6O8S. The maximum atomic E-state index is 15.0. The van der Waals surface area contributed by atoms with Crippen molar-refractivity contribution in [2.45, 2.75) is 114 Å². The highest BCUT2D eigenvalue weighted by molar-refractivity contribution is 7.92. The molecule has 6 atom stereocenters. The number of aromatic amines is 1. The van der Waals surface area contributed by atoms with Gasteiger partial charge in [-0.3, -0.25) is 24.2 Å². The zero-order valence-electron chi connectivity index (χ0n) is 39.3. The third-order valence-electron chi connectivity index (χ3n) is 13.7. The highest BCUT2D eigenvalue weighted by atomic mass is 32.2. The largest absolute Gasteiger partial charge is 0.455 e. The van der Waals surface area contributed by atoms with E-state index >= 15 is 4.79 Å². The predicted octanol–water partition coefficient (Wildman–Crippen LogP) is 5.67. The van der Waals surface area contributed by atoms with Crippen molar-refractivity contribution >= 4 is 44.4 Å². The molecule has 66 heavy (non-hydrogen) atoms. The molecule has 356 valence electrons. The lowest BCUT2D eigenvalue weighted by Gasteiger charge is -2.47. The van der Waals surface area contributed by atoms with Crippen LogP contribution in [0, 0.1) is 11.8 Å². The van der Waals surface area contributed by atoms with Gasteiger partial charge in [-0.1, -0.05) is 79.9 Å². The SMILES string of the molecule is CC(C)(C)NC(=O)C1C[C@@H]2CCCC[C@@H]2CN1CC(OC(=O)c1ccc(CN2CCOCC2)cc1)C(Cc1ccccc1)NC(=O)[C@@H](NC(=O)c1cc2ccccc2[nH]1)C(C)(C)S(C)(=O)=O. The monoisotopic (exact) mass is 924 g/mol. The molecule has 7 rings (SSSR count). The van der Waals surface area contributed by atoms with Crippen LogP contribution in [0.5, 0.6) is 0 Å². The Morgan fingerprint density at radius 1 is 0.848 bits per heavy atom. The van der Waals surface area contributed by atoms with Crippen molar-refractivity contribution in [2.75, 3.05) is 45.6 Å². The van der Waals surface area contributed by atoms with Gasteiger partial charge in [0.05, 0.1) is 35.6 Å². The van der Waals surface area contributed by atoms with Crippen LogP contribution in [0.15, 0.2) is 84.9 Å². The molecule has 1 aromatic heterocycles. The smallest absolute Gasteiger partial charge is 0.338 e. The minimum atomic E-state index is -3.98. The number of H-pyrrole nitrogens is 1. The van der Waals surface area contributed by atoms with Crippen LogP contribution in [-0.4, -0.2) is 127 Å². The first-order valence-corrected chi connectivity index (χ1v) is 25.3. The first kappa shape index (κ1) is 48.8. The van der Waals surface area contributed by atoms with Crippen LogP contribution in [0.2, 0.25) is 0 Å². The van der Waals surface area contributed by atoms with E-state index in [1.165, 1.54) is 13.8 Å². The molecule has 3 aromatic carbocycles. The number of aromatic nitrogens is 1. The molecule has 1 saturated carbocycles. The van der Waals surface area contributed by atoms with E-state index in [1.54, 1.807) is 18.2 Å². The van der Waals surface area contributed by atoms with Crippen molar-refractivity contribution in [1.82, 2.24) is 30.7 Å². The van der Waals surface area contributed by atoms with Crippen molar-refractivity contribution in [3.63, 3.8) is 0 Å². The normalized spacial score (nSPS) is 21.2. The standard InChI is InChI=1S/C51H68N6O8S/c1-50(2,3)55-47(59)43-30-37-16-10-11-18-39(37)32-57(43)33-44(65-49(61)36-22-20-35(21-23-36)31-56-24-26-64-27-25-56)41(28-34-14-8-7-9-15-34)53-48(60)45(51(4,5)66(6,62)63)54-46(58)42-29-38-17-12-13-19-40(38)52-42/h7-9,12-15,17,19-23,29,37,39,41,43-45,52H,10-11,16,18,24-28,30-33H2,1-6H3,(H,53,60)(H,54,58)(H,55,59)/t37-,39+,41?,43?,44?,45+/m0/s1. The minimum absolute atomic E-state index is 0.103. The van der Waals surface area contributed by atoms with E-state index in [0.717, 1.165) is 61.5 Å². The summed E-state index contributed by atoms with van der Waals surface area (Å²) < 4.78 is 37.4. The van der Waals surface area contributed by atoms with Gasteiger partial charge in [0.2, 0.25) is 11.8 Å². The molecule has 0 spiro atoms. The Kier molecular flexibility index (Phi) is 15.4. The van der Waals surface area contributed by atoms with Crippen LogP contribution >= 0.6 is 0 Å². The van der Waals surface area contributed by atoms with Gasteiger partial charge in [0, 0.05) is 55.4 Å². The molecule has 0 bridgehead atoms. The Morgan fingerprint density at radius 2 is 1.52 bits per heavy atom. The molecule has 3 heterocycles. The van der Waals surface area contributed by atoms with E-state index in [0.29, 0.717) is 55.6 Å². The number of sulfone groups is 1. The quantitative estimate of drug-likeness (QED) is 0.102. The summed E-state index contributed by atoms with van der Waals surface area (Å²) in [5, 5.41) is 9.86. The summed E-state index contributed by atoms with van der Waals surface area (Å²) in [6.07, 6.45) is 5.13. The van der Waals surface area contributed by atoms with E-state index < -0.39 is 62.1 Å². The first-order valence-electron chi connectivity index (χ1n) is 23.4. The number of amides is 3. The highest BCUT2D eigenvalue weighted by Crippen LogP contribution is 2.39. The molecule has 4 N–H and O–H groups in total. The van der Waals surface area contributed by atoms with Crippen LogP contribution in [0.3, 0.4) is 0 Å². The molecule has 15 heteroatoms. The Bertz CT molecular complexity index is 2390. The number of fused-ring (bicyclic) bond motifs is 2. The first-order chi connectivity index (χ1) is 31.3. The number of rotatable bonds is 16. The highest BCUT2D eigenvalue weighted by Gasteiger charge is 2.47. The summed E-state index contributed by atoms with van der Waals surface area (Å²) in [5.74, 6) is -1.42. The molecule has 2 aliphatic heterocycles. The lowest BCUT2D eigenvalue weighted by molar-refractivity contribution is -0.133. The summed E-state index contributed by atoms with van der Waals surface area (Å²) in [7, 11) is -3.98. The number of para-hydroxylation sites is 1. The molecule has 3 aliphatic rings. The number of hydrogen-bond acceptors (Lipinski definition) is 10. The summed E-state index contributed by atoms with van der Waals surface area (Å²) in [6, 6.07) is 22.7. The van der Waals surface area contributed by atoms with Gasteiger partial charge in [-0.2, -0.15) is 0 Å². The van der Waals surface area contributed by atoms with Crippen LogP contribution in [0.25, 0.3) is 10.9 Å². The van der Waals surface area contributed by atoms with Gasteiger partial charge in [0.25, 0.3) is 5.91 Å². The average Bonchev–Trinajstić information content (AvgIpc) is 3.72. The van der Waals surface area contributed by atoms with Crippen LogP contribution in [0.1, 0.15) is 98.7 Å². The Morgan fingerprint density at radius 3 is 2.18 bits per heavy atom. The number of esters is 1. The number of carbonyl (C=O) groups excluding carboxylic acids is 4. The summed E-state index contributed by atoms with van der Waals surface area (Å²) in [6.45, 7) is 13.1. The van der Waals surface area contributed by atoms with Crippen LogP contribution in [-0.2, 0) is 41.9 Å². The Balaban J connectivity index is 1.25. The second-order valence-electron chi connectivity index (χ2n) is 20.1.